The van der Waals surface area contributed by atoms with Crippen molar-refractivity contribution in [3.63, 3.8) is 0 Å². The van der Waals surface area contributed by atoms with Gasteiger partial charge in [-0.05, 0) is 50.5 Å². The fraction of sp³-hybridized carbons (Fsp3) is 0.312. The van der Waals surface area contributed by atoms with Crippen LogP contribution in [0.15, 0.2) is 18.2 Å². The first-order valence-corrected chi connectivity index (χ1v) is 7.23. The van der Waals surface area contributed by atoms with Crippen LogP contribution in [0.25, 0.3) is 0 Å². The maximum Gasteiger partial charge on any atom is 0.336 e. The lowest BCUT2D eigenvalue weighted by atomic mass is 9.90. The Hall–Kier alpha value is -1.65. The highest BCUT2D eigenvalue weighted by atomic mass is 32.1. The number of aliphatic hydroxyl groups is 1. The van der Waals surface area contributed by atoms with Crippen molar-refractivity contribution in [3.05, 3.63) is 55.8 Å². The third-order valence-corrected chi connectivity index (χ3v) is 4.51. The van der Waals surface area contributed by atoms with Gasteiger partial charge in [-0.3, -0.25) is 0 Å². The Kier molecular flexibility index (Phi) is 3.97. The number of hydrogen-bond donors (Lipinski definition) is 2. The molecule has 0 radical (unpaired) electrons. The minimum atomic E-state index is -0.996. The number of aryl methyl sites for hydroxylation is 4. The van der Waals surface area contributed by atoms with E-state index in [0.717, 1.165) is 20.9 Å². The van der Waals surface area contributed by atoms with Crippen LogP contribution in [0, 0.1) is 27.7 Å². The molecule has 0 aliphatic rings. The Labute approximate surface area is 122 Å². The highest BCUT2D eigenvalue weighted by molar-refractivity contribution is 7.12. The molecule has 20 heavy (non-hydrogen) atoms. The summed E-state index contributed by atoms with van der Waals surface area (Å²) in [5.41, 5.74) is 2.97. The minimum Gasteiger partial charge on any atom is -0.478 e. The van der Waals surface area contributed by atoms with E-state index in [0.29, 0.717) is 11.1 Å². The van der Waals surface area contributed by atoms with Crippen molar-refractivity contribution < 1.29 is 15.0 Å². The number of thiophene rings is 1. The third-order valence-electron chi connectivity index (χ3n) is 3.53. The molecule has 4 heteroatoms. The van der Waals surface area contributed by atoms with Gasteiger partial charge in [0.1, 0.15) is 6.10 Å². The number of benzene rings is 1. The van der Waals surface area contributed by atoms with Crippen molar-refractivity contribution in [1.29, 1.82) is 0 Å². The van der Waals surface area contributed by atoms with Crippen LogP contribution in [0.4, 0.5) is 0 Å². The van der Waals surface area contributed by atoms with E-state index in [4.69, 9.17) is 0 Å². The zero-order valence-corrected chi connectivity index (χ0v) is 12.8. The zero-order chi connectivity index (χ0) is 15.0. The van der Waals surface area contributed by atoms with E-state index >= 15 is 0 Å². The first-order valence-electron chi connectivity index (χ1n) is 6.41. The molecule has 0 aliphatic heterocycles. The van der Waals surface area contributed by atoms with Gasteiger partial charge in [0.15, 0.2) is 0 Å². The molecule has 0 bridgehead atoms. The van der Waals surface area contributed by atoms with Crippen molar-refractivity contribution >= 4 is 17.3 Å². The molecule has 0 amide bonds. The van der Waals surface area contributed by atoms with Crippen molar-refractivity contribution in [2.24, 2.45) is 0 Å². The summed E-state index contributed by atoms with van der Waals surface area (Å²) in [5.74, 6) is -0.996. The number of aromatic carboxylic acids is 1. The average Bonchev–Trinajstić information content (AvgIpc) is 2.69. The highest BCUT2D eigenvalue weighted by Gasteiger charge is 2.24. The molecule has 106 valence electrons. The number of carbonyl (C=O) groups is 1. The van der Waals surface area contributed by atoms with E-state index in [1.807, 2.05) is 32.9 Å². The molecule has 2 aromatic rings. The number of hydrogen-bond acceptors (Lipinski definition) is 3. The summed E-state index contributed by atoms with van der Waals surface area (Å²) in [6, 6.07) is 5.56. The largest absolute Gasteiger partial charge is 0.478 e. The molecule has 0 spiro atoms. The third kappa shape index (κ3) is 2.49. The van der Waals surface area contributed by atoms with Gasteiger partial charge in [-0.2, -0.15) is 0 Å². The topological polar surface area (TPSA) is 57.5 Å². The molecular weight excluding hydrogens is 272 g/mol. The zero-order valence-electron chi connectivity index (χ0n) is 12.0. The number of carboxylic acid groups (broad SMARTS) is 1. The first kappa shape index (κ1) is 14.8. The molecule has 1 aromatic heterocycles. The van der Waals surface area contributed by atoms with Gasteiger partial charge in [0, 0.05) is 15.3 Å². The molecule has 0 fully saturated rings. The van der Waals surface area contributed by atoms with Crippen LogP contribution in [0.3, 0.4) is 0 Å². The SMILES string of the molecule is Cc1cc(C(O)c2c(C)ccc(C)c2C(=O)O)c(C)s1. The van der Waals surface area contributed by atoms with Crippen molar-refractivity contribution in [2.45, 2.75) is 33.8 Å². The fourth-order valence-corrected chi connectivity index (χ4v) is 3.50. The van der Waals surface area contributed by atoms with Crippen LogP contribution in [-0.4, -0.2) is 16.2 Å². The summed E-state index contributed by atoms with van der Waals surface area (Å²) in [6.07, 6.45) is -0.897. The predicted octanol–water partition coefficient (Wildman–Crippen LogP) is 3.76. The predicted molar refractivity (Wildman–Crippen MR) is 80.7 cm³/mol. The summed E-state index contributed by atoms with van der Waals surface area (Å²) < 4.78 is 0. The molecule has 3 nitrogen and oxygen atoms in total. The Balaban J connectivity index is 2.65. The Morgan fingerprint density at radius 1 is 1.15 bits per heavy atom. The monoisotopic (exact) mass is 290 g/mol. The summed E-state index contributed by atoms with van der Waals surface area (Å²) in [7, 11) is 0. The summed E-state index contributed by atoms with van der Waals surface area (Å²) in [5, 5.41) is 20.1. The first-order chi connectivity index (χ1) is 9.32. The number of rotatable bonds is 3. The van der Waals surface area contributed by atoms with Gasteiger partial charge in [0.25, 0.3) is 0 Å². The lowest BCUT2D eigenvalue weighted by Crippen LogP contribution is -2.12. The van der Waals surface area contributed by atoms with Gasteiger partial charge >= 0.3 is 5.97 Å². The molecule has 1 heterocycles. The van der Waals surface area contributed by atoms with E-state index in [1.165, 1.54) is 0 Å². The van der Waals surface area contributed by atoms with Crippen LogP contribution in [-0.2, 0) is 0 Å². The van der Waals surface area contributed by atoms with E-state index < -0.39 is 12.1 Å². The van der Waals surface area contributed by atoms with Crippen LogP contribution >= 0.6 is 11.3 Å². The molecule has 2 rings (SSSR count). The van der Waals surface area contributed by atoms with Crippen LogP contribution in [0.1, 0.15) is 48.5 Å². The standard InChI is InChI=1S/C16H18O3S/c1-8-5-6-9(2)14(16(18)19)13(8)15(17)12-7-10(3)20-11(12)4/h5-7,15,17H,1-4H3,(H,18,19). The second-order valence-corrected chi connectivity index (χ2v) is 6.52. The second kappa shape index (κ2) is 5.38. The summed E-state index contributed by atoms with van der Waals surface area (Å²) in [4.78, 5) is 13.6. The smallest absolute Gasteiger partial charge is 0.336 e. The maximum atomic E-state index is 11.5. The van der Waals surface area contributed by atoms with Crippen molar-refractivity contribution in [2.75, 3.05) is 0 Å². The average molecular weight is 290 g/mol. The van der Waals surface area contributed by atoms with E-state index in [-0.39, 0.29) is 5.56 Å². The fourth-order valence-electron chi connectivity index (χ4n) is 2.55. The second-order valence-electron chi connectivity index (χ2n) is 5.06. The van der Waals surface area contributed by atoms with E-state index in [2.05, 4.69) is 0 Å². The van der Waals surface area contributed by atoms with Gasteiger partial charge in [-0.1, -0.05) is 12.1 Å². The Bertz CT molecular complexity index is 671. The van der Waals surface area contributed by atoms with Gasteiger partial charge in [0.05, 0.1) is 5.56 Å². The Morgan fingerprint density at radius 3 is 2.25 bits per heavy atom. The molecule has 0 saturated heterocycles. The van der Waals surface area contributed by atoms with Crippen LogP contribution in [0.5, 0.6) is 0 Å². The van der Waals surface area contributed by atoms with Crippen LogP contribution < -0.4 is 0 Å². The maximum absolute atomic E-state index is 11.5. The lowest BCUT2D eigenvalue weighted by Gasteiger charge is -2.18. The number of aliphatic hydroxyl groups excluding tert-OH is 1. The van der Waals surface area contributed by atoms with Crippen LogP contribution in [0.2, 0.25) is 0 Å². The molecule has 1 aromatic carbocycles. The minimum absolute atomic E-state index is 0.209. The lowest BCUT2D eigenvalue weighted by molar-refractivity contribution is 0.0690. The molecular formula is C16H18O3S. The van der Waals surface area contributed by atoms with Gasteiger partial charge in [0.2, 0.25) is 0 Å². The Morgan fingerprint density at radius 2 is 1.75 bits per heavy atom. The molecule has 2 N–H and O–H groups in total. The molecule has 0 saturated carbocycles. The van der Waals surface area contributed by atoms with Gasteiger partial charge in [-0.25, -0.2) is 4.79 Å². The van der Waals surface area contributed by atoms with E-state index in [9.17, 15) is 15.0 Å². The van der Waals surface area contributed by atoms with Crippen molar-refractivity contribution in [3.8, 4) is 0 Å². The van der Waals surface area contributed by atoms with Gasteiger partial charge < -0.3 is 10.2 Å². The normalized spacial score (nSPS) is 12.4. The summed E-state index contributed by atoms with van der Waals surface area (Å²) in [6.45, 7) is 7.51. The quantitative estimate of drug-likeness (QED) is 0.905. The van der Waals surface area contributed by atoms with Crippen molar-refractivity contribution in [1.82, 2.24) is 0 Å². The van der Waals surface area contributed by atoms with Gasteiger partial charge in [-0.15, -0.1) is 11.3 Å². The number of carboxylic acids is 1. The molecule has 1 atom stereocenters. The highest BCUT2D eigenvalue weighted by Crippen LogP contribution is 2.34. The molecule has 1 unspecified atom stereocenters. The summed E-state index contributed by atoms with van der Waals surface area (Å²) >= 11 is 1.61. The molecule has 0 aliphatic carbocycles. The van der Waals surface area contributed by atoms with E-state index in [1.54, 1.807) is 24.3 Å².